The Hall–Kier alpha value is -0.530. The molecule has 1 aromatic carbocycles. The molecule has 0 amide bonds. The second-order valence-corrected chi connectivity index (χ2v) is 5.22. The van der Waals surface area contributed by atoms with Crippen LogP contribution in [0.3, 0.4) is 0 Å². The number of hydrogen-bond acceptors (Lipinski definition) is 1. The first kappa shape index (κ1) is 11.9. The van der Waals surface area contributed by atoms with Gasteiger partial charge in [-0.2, -0.15) is 0 Å². The maximum Gasteiger partial charge on any atom is 0.0440 e. The van der Waals surface area contributed by atoms with Crippen molar-refractivity contribution in [2.45, 2.75) is 38.0 Å². The van der Waals surface area contributed by atoms with E-state index in [1.807, 2.05) is 12.1 Å². The molecule has 0 saturated heterocycles. The van der Waals surface area contributed by atoms with Crippen LogP contribution in [-0.4, -0.2) is 6.54 Å². The standard InChI is InChI=1S/C14H20ClN/c15-14-4-2-1-3-13(14)12-7-5-11(6-8-12)9-10-16/h1-4,11-12H,5-10,16H2. The zero-order chi connectivity index (χ0) is 11.4. The average molecular weight is 238 g/mol. The van der Waals surface area contributed by atoms with Crippen molar-refractivity contribution in [3.63, 3.8) is 0 Å². The van der Waals surface area contributed by atoms with Gasteiger partial charge < -0.3 is 5.73 Å². The van der Waals surface area contributed by atoms with E-state index < -0.39 is 0 Å². The molecule has 1 fully saturated rings. The van der Waals surface area contributed by atoms with Crippen molar-refractivity contribution in [3.05, 3.63) is 34.9 Å². The van der Waals surface area contributed by atoms with Crippen LogP contribution in [-0.2, 0) is 0 Å². The Kier molecular flexibility index (Phi) is 4.25. The quantitative estimate of drug-likeness (QED) is 0.846. The summed E-state index contributed by atoms with van der Waals surface area (Å²) in [7, 11) is 0. The lowest BCUT2D eigenvalue weighted by Gasteiger charge is -2.29. The van der Waals surface area contributed by atoms with Crippen molar-refractivity contribution < 1.29 is 0 Å². The van der Waals surface area contributed by atoms with E-state index in [1.54, 1.807) is 0 Å². The van der Waals surface area contributed by atoms with Gasteiger partial charge in [0, 0.05) is 5.02 Å². The molecule has 1 aliphatic carbocycles. The van der Waals surface area contributed by atoms with Gasteiger partial charge in [-0.3, -0.25) is 0 Å². The lowest BCUT2D eigenvalue weighted by Crippen LogP contribution is -2.16. The molecule has 1 saturated carbocycles. The molecule has 0 heterocycles. The summed E-state index contributed by atoms with van der Waals surface area (Å²) >= 11 is 6.24. The molecule has 2 N–H and O–H groups in total. The van der Waals surface area contributed by atoms with Gasteiger partial charge in [0.05, 0.1) is 0 Å². The summed E-state index contributed by atoms with van der Waals surface area (Å²) in [6, 6.07) is 8.28. The van der Waals surface area contributed by atoms with Crippen LogP contribution in [0.2, 0.25) is 5.02 Å². The second-order valence-electron chi connectivity index (χ2n) is 4.82. The van der Waals surface area contributed by atoms with Crippen molar-refractivity contribution in [1.82, 2.24) is 0 Å². The first-order valence-electron chi connectivity index (χ1n) is 6.25. The van der Waals surface area contributed by atoms with Crippen molar-refractivity contribution in [1.29, 1.82) is 0 Å². The minimum Gasteiger partial charge on any atom is -0.330 e. The molecule has 0 aliphatic heterocycles. The number of rotatable bonds is 3. The molecule has 0 atom stereocenters. The lowest BCUT2D eigenvalue weighted by molar-refractivity contribution is 0.313. The summed E-state index contributed by atoms with van der Waals surface area (Å²) in [4.78, 5) is 0. The fraction of sp³-hybridized carbons (Fsp3) is 0.571. The van der Waals surface area contributed by atoms with E-state index >= 15 is 0 Å². The normalized spacial score (nSPS) is 25.6. The minimum absolute atomic E-state index is 0.669. The van der Waals surface area contributed by atoms with Crippen LogP contribution in [0.15, 0.2) is 24.3 Å². The Morgan fingerprint density at radius 1 is 1.12 bits per heavy atom. The van der Waals surface area contributed by atoms with E-state index in [2.05, 4.69) is 12.1 Å². The maximum absolute atomic E-state index is 6.24. The molecule has 1 aliphatic rings. The summed E-state index contributed by atoms with van der Waals surface area (Å²) in [5.41, 5.74) is 6.95. The number of halogens is 1. The van der Waals surface area contributed by atoms with E-state index in [-0.39, 0.29) is 0 Å². The fourth-order valence-corrected chi connectivity index (χ4v) is 3.09. The Labute approximate surface area is 103 Å². The van der Waals surface area contributed by atoms with E-state index in [0.717, 1.165) is 17.5 Å². The summed E-state index contributed by atoms with van der Waals surface area (Å²) in [6.45, 7) is 0.835. The third kappa shape index (κ3) is 2.78. The molecule has 0 bridgehead atoms. The molecule has 1 aromatic rings. The Morgan fingerprint density at radius 2 is 1.81 bits per heavy atom. The minimum atomic E-state index is 0.669. The van der Waals surface area contributed by atoms with Crippen molar-refractivity contribution >= 4 is 11.6 Å². The molecule has 88 valence electrons. The summed E-state index contributed by atoms with van der Waals surface area (Å²) in [6.07, 6.45) is 6.36. The number of hydrogen-bond donors (Lipinski definition) is 1. The molecule has 0 aromatic heterocycles. The van der Waals surface area contributed by atoms with Crippen molar-refractivity contribution in [2.24, 2.45) is 11.7 Å². The second kappa shape index (κ2) is 5.70. The highest BCUT2D eigenvalue weighted by Gasteiger charge is 2.22. The molecule has 0 radical (unpaired) electrons. The van der Waals surface area contributed by atoms with Gasteiger partial charge in [-0.25, -0.2) is 0 Å². The van der Waals surface area contributed by atoms with Gasteiger partial charge >= 0.3 is 0 Å². The average Bonchev–Trinajstić information content (AvgIpc) is 2.31. The monoisotopic (exact) mass is 237 g/mol. The highest BCUT2D eigenvalue weighted by Crippen LogP contribution is 2.39. The summed E-state index contributed by atoms with van der Waals surface area (Å²) < 4.78 is 0. The Balaban J connectivity index is 1.96. The topological polar surface area (TPSA) is 26.0 Å². The SMILES string of the molecule is NCCC1CCC(c2ccccc2Cl)CC1. The van der Waals surface area contributed by atoms with Crippen LogP contribution in [0.1, 0.15) is 43.6 Å². The van der Waals surface area contributed by atoms with Crippen LogP contribution in [0.4, 0.5) is 0 Å². The Morgan fingerprint density at radius 3 is 2.44 bits per heavy atom. The van der Waals surface area contributed by atoms with Crippen LogP contribution in [0.25, 0.3) is 0 Å². The van der Waals surface area contributed by atoms with E-state index in [9.17, 15) is 0 Å². The lowest BCUT2D eigenvalue weighted by atomic mass is 9.77. The molecular weight excluding hydrogens is 218 g/mol. The number of nitrogens with two attached hydrogens (primary N) is 1. The van der Waals surface area contributed by atoms with Gasteiger partial charge in [-0.1, -0.05) is 29.8 Å². The van der Waals surface area contributed by atoms with Crippen molar-refractivity contribution in [2.75, 3.05) is 6.54 Å². The van der Waals surface area contributed by atoms with E-state index in [4.69, 9.17) is 17.3 Å². The van der Waals surface area contributed by atoms with Gasteiger partial charge in [0.1, 0.15) is 0 Å². The maximum atomic E-state index is 6.24. The Bertz CT molecular complexity index is 329. The largest absolute Gasteiger partial charge is 0.330 e. The van der Waals surface area contributed by atoms with E-state index in [1.165, 1.54) is 37.7 Å². The van der Waals surface area contributed by atoms with Gasteiger partial charge in [0.15, 0.2) is 0 Å². The van der Waals surface area contributed by atoms with Crippen LogP contribution in [0.5, 0.6) is 0 Å². The van der Waals surface area contributed by atoms with Gasteiger partial charge in [0.25, 0.3) is 0 Å². The highest BCUT2D eigenvalue weighted by atomic mass is 35.5. The van der Waals surface area contributed by atoms with Gasteiger partial charge in [-0.05, 0) is 62.1 Å². The van der Waals surface area contributed by atoms with Crippen molar-refractivity contribution in [3.8, 4) is 0 Å². The predicted octanol–water partition coefficient (Wildman–Crippen LogP) is 3.96. The van der Waals surface area contributed by atoms with Crippen LogP contribution < -0.4 is 5.73 Å². The van der Waals surface area contributed by atoms with Crippen LogP contribution >= 0.6 is 11.6 Å². The molecule has 0 unspecified atom stereocenters. The predicted molar refractivity (Wildman–Crippen MR) is 69.8 cm³/mol. The molecule has 0 spiro atoms. The zero-order valence-corrected chi connectivity index (χ0v) is 10.4. The molecular formula is C14H20ClN. The highest BCUT2D eigenvalue weighted by molar-refractivity contribution is 6.31. The molecule has 1 nitrogen and oxygen atoms in total. The molecule has 2 heteroatoms. The van der Waals surface area contributed by atoms with Gasteiger partial charge in [0.2, 0.25) is 0 Å². The van der Waals surface area contributed by atoms with Gasteiger partial charge in [-0.15, -0.1) is 0 Å². The summed E-state index contributed by atoms with van der Waals surface area (Å²) in [5.74, 6) is 1.52. The third-order valence-corrected chi connectivity index (χ3v) is 4.11. The van der Waals surface area contributed by atoms with Crippen LogP contribution in [0, 0.1) is 5.92 Å². The first-order chi connectivity index (χ1) is 7.81. The van der Waals surface area contributed by atoms with E-state index in [0.29, 0.717) is 5.92 Å². The zero-order valence-electron chi connectivity index (χ0n) is 9.66. The fourth-order valence-electron chi connectivity index (χ4n) is 2.80. The summed E-state index contributed by atoms with van der Waals surface area (Å²) in [5, 5.41) is 0.935. The number of benzene rings is 1. The molecule has 16 heavy (non-hydrogen) atoms. The molecule has 2 rings (SSSR count). The third-order valence-electron chi connectivity index (χ3n) is 3.77. The smallest absolute Gasteiger partial charge is 0.0440 e. The first-order valence-corrected chi connectivity index (χ1v) is 6.63.